The number of hydrogen-bond donors (Lipinski definition) is 1. The van der Waals surface area contributed by atoms with Gasteiger partial charge in [0.15, 0.2) is 5.16 Å². The van der Waals surface area contributed by atoms with Gasteiger partial charge in [-0.2, -0.15) is 0 Å². The van der Waals surface area contributed by atoms with Crippen LogP contribution in [0.3, 0.4) is 0 Å². The van der Waals surface area contributed by atoms with E-state index in [0.717, 1.165) is 17.0 Å². The number of hydrogen-bond acceptors (Lipinski definition) is 4. The lowest BCUT2D eigenvalue weighted by molar-refractivity contribution is 0.627. The molecule has 0 aliphatic heterocycles. The fraction of sp³-hybridized carbons (Fsp3) is 0.231. The first-order valence-electron chi connectivity index (χ1n) is 5.53. The normalized spacial score (nSPS) is 10.6. The molecular formula is C13H14FN3S. The van der Waals surface area contributed by atoms with Gasteiger partial charge in [0.25, 0.3) is 0 Å². The molecule has 1 aromatic heterocycles. The molecule has 0 saturated heterocycles. The molecule has 0 radical (unpaired) electrons. The fourth-order valence-electron chi connectivity index (χ4n) is 1.66. The average molecular weight is 263 g/mol. The summed E-state index contributed by atoms with van der Waals surface area (Å²) >= 11 is 1.47. The molecule has 2 N–H and O–H groups in total. The molecule has 0 fully saturated rings. The largest absolute Gasteiger partial charge is 0.399 e. The van der Waals surface area contributed by atoms with Gasteiger partial charge in [-0.25, -0.2) is 14.4 Å². The molecule has 3 nitrogen and oxygen atoms in total. The number of aryl methyl sites for hydroxylation is 2. The molecule has 1 aromatic carbocycles. The molecule has 5 heteroatoms. The van der Waals surface area contributed by atoms with Crippen LogP contribution in [0.25, 0.3) is 0 Å². The van der Waals surface area contributed by atoms with Gasteiger partial charge >= 0.3 is 0 Å². The molecule has 18 heavy (non-hydrogen) atoms. The van der Waals surface area contributed by atoms with Crippen LogP contribution in [0.1, 0.15) is 17.0 Å². The second-order valence-corrected chi connectivity index (χ2v) is 5.06. The predicted molar refractivity (Wildman–Crippen MR) is 71.9 cm³/mol. The van der Waals surface area contributed by atoms with Crippen LogP contribution in [-0.4, -0.2) is 9.97 Å². The Morgan fingerprint density at radius 1 is 1.11 bits per heavy atom. The van der Waals surface area contributed by atoms with Crippen molar-refractivity contribution in [3.05, 3.63) is 47.0 Å². The van der Waals surface area contributed by atoms with Gasteiger partial charge in [0.05, 0.1) is 0 Å². The molecule has 2 rings (SSSR count). The van der Waals surface area contributed by atoms with E-state index in [1.807, 2.05) is 19.9 Å². The molecule has 0 atom stereocenters. The Kier molecular flexibility index (Phi) is 3.81. The first-order valence-corrected chi connectivity index (χ1v) is 6.51. The highest BCUT2D eigenvalue weighted by molar-refractivity contribution is 7.98. The van der Waals surface area contributed by atoms with Crippen LogP contribution in [0.2, 0.25) is 0 Å². The lowest BCUT2D eigenvalue weighted by Crippen LogP contribution is -1.94. The van der Waals surface area contributed by atoms with Gasteiger partial charge in [0.2, 0.25) is 0 Å². The van der Waals surface area contributed by atoms with E-state index in [-0.39, 0.29) is 5.82 Å². The molecule has 0 spiro atoms. The molecule has 0 amide bonds. The molecule has 0 unspecified atom stereocenters. The Bertz CT molecular complexity index is 480. The van der Waals surface area contributed by atoms with E-state index < -0.39 is 0 Å². The van der Waals surface area contributed by atoms with Crippen molar-refractivity contribution in [2.24, 2.45) is 0 Å². The lowest BCUT2D eigenvalue weighted by Gasteiger charge is -2.04. The Balaban J connectivity index is 2.11. The zero-order valence-corrected chi connectivity index (χ0v) is 11.1. The van der Waals surface area contributed by atoms with Crippen LogP contribution >= 0.6 is 11.8 Å². The van der Waals surface area contributed by atoms with Crippen molar-refractivity contribution in [3.8, 4) is 0 Å². The van der Waals surface area contributed by atoms with E-state index in [0.29, 0.717) is 16.6 Å². The number of benzene rings is 1. The maximum atomic E-state index is 13.2. The minimum Gasteiger partial charge on any atom is -0.399 e. The molecule has 2 aromatic rings. The van der Waals surface area contributed by atoms with Crippen LogP contribution in [0.5, 0.6) is 0 Å². The molecule has 0 saturated carbocycles. The number of rotatable bonds is 3. The Labute approximate surface area is 110 Å². The summed E-state index contributed by atoms with van der Waals surface area (Å²) in [6.07, 6.45) is 0. The van der Waals surface area contributed by atoms with Crippen LogP contribution in [0.4, 0.5) is 10.1 Å². The SMILES string of the molecule is Cc1cc(C)nc(SCc2cc(N)cc(F)c2)n1. The average Bonchev–Trinajstić information content (AvgIpc) is 2.23. The number of aromatic nitrogens is 2. The summed E-state index contributed by atoms with van der Waals surface area (Å²) in [5, 5.41) is 0.704. The highest BCUT2D eigenvalue weighted by atomic mass is 32.2. The van der Waals surface area contributed by atoms with Crippen molar-refractivity contribution < 1.29 is 4.39 Å². The lowest BCUT2D eigenvalue weighted by atomic mass is 10.2. The summed E-state index contributed by atoms with van der Waals surface area (Å²) in [4.78, 5) is 8.64. The minimum absolute atomic E-state index is 0.313. The number of anilines is 1. The highest BCUT2D eigenvalue weighted by Crippen LogP contribution is 2.21. The zero-order valence-electron chi connectivity index (χ0n) is 10.3. The number of nitrogen functional groups attached to an aromatic ring is 1. The van der Waals surface area contributed by atoms with Gasteiger partial charge in [-0.15, -0.1) is 0 Å². The minimum atomic E-state index is -0.313. The third-order valence-corrected chi connectivity index (χ3v) is 3.23. The van der Waals surface area contributed by atoms with Gasteiger partial charge < -0.3 is 5.73 Å². The first kappa shape index (κ1) is 12.8. The standard InChI is InChI=1S/C13H14FN3S/c1-8-3-9(2)17-13(16-8)18-7-10-4-11(14)6-12(15)5-10/h3-6H,7,15H2,1-2H3. The van der Waals surface area contributed by atoms with Crippen LogP contribution in [-0.2, 0) is 5.75 Å². The van der Waals surface area contributed by atoms with Crippen LogP contribution in [0, 0.1) is 19.7 Å². The number of nitrogens with zero attached hydrogens (tertiary/aromatic N) is 2. The summed E-state index contributed by atoms with van der Waals surface area (Å²) in [6, 6.07) is 6.47. The van der Waals surface area contributed by atoms with Gasteiger partial charge in [0.1, 0.15) is 5.82 Å². The Morgan fingerprint density at radius 2 is 1.78 bits per heavy atom. The highest BCUT2D eigenvalue weighted by Gasteiger charge is 2.03. The smallest absolute Gasteiger partial charge is 0.188 e. The van der Waals surface area contributed by atoms with E-state index in [1.165, 1.54) is 23.9 Å². The maximum Gasteiger partial charge on any atom is 0.188 e. The van der Waals surface area contributed by atoms with E-state index in [4.69, 9.17) is 5.73 Å². The molecule has 94 valence electrons. The zero-order chi connectivity index (χ0) is 13.1. The van der Waals surface area contributed by atoms with Crippen molar-refractivity contribution in [2.45, 2.75) is 24.8 Å². The van der Waals surface area contributed by atoms with E-state index >= 15 is 0 Å². The van der Waals surface area contributed by atoms with Gasteiger partial charge in [0, 0.05) is 22.8 Å². The van der Waals surface area contributed by atoms with Crippen molar-refractivity contribution in [1.82, 2.24) is 9.97 Å². The van der Waals surface area contributed by atoms with E-state index in [2.05, 4.69) is 9.97 Å². The van der Waals surface area contributed by atoms with Crippen molar-refractivity contribution in [2.75, 3.05) is 5.73 Å². The Morgan fingerprint density at radius 3 is 2.39 bits per heavy atom. The van der Waals surface area contributed by atoms with Crippen molar-refractivity contribution in [1.29, 1.82) is 0 Å². The maximum absolute atomic E-state index is 13.2. The Hall–Kier alpha value is -1.62. The molecular weight excluding hydrogens is 249 g/mol. The van der Waals surface area contributed by atoms with Gasteiger partial charge in [-0.1, -0.05) is 11.8 Å². The summed E-state index contributed by atoms with van der Waals surface area (Å²) in [7, 11) is 0. The van der Waals surface area contributed by atoms with Crippen LogP contribution in [0.15, 0.2) is 29.4 Å². The monoisotopic (exact) mass is 263 g/mol. The second kappa shape index (κ2) is 5.35. The number of thioether (sulfide) groups is 1. The quantitative estimate of drug-likeness (QED) is 0.525. The summed E-state index contributed by atoms with van der Waals surface area (Å²) in [5.74, 6) is 0.289. The van der Waals surface area contributed by atoms with Crippen molar-refractivity contribution in [3.63, 3.8) is 0 Å². The molecule has 1 heterocycles. The summed E-state index contributed by atoms with van der Waals surface area (Å²) in [6.45, 7) is 3.86. The third-order valence-electron chi connectivity index (χ3n) is 2.31. The van der Waals surface area contributed by atoms with Crippen LogP contribution < -0.4 is 5.73 Å². The molecule has 0 aliphatic rings. The second-order valence-electron chi connectivity index (χ2n) is 4.11. The van der Waals surface area contributed by atoms with Crippen molar-refractivity contribution >= 4 is 17.4 Å². The first-order chi connectivity index (χ1) is 8.52. The topological polar surface area (TPSA) is 51.8 Å². The number of halogens is 1. The molecule has 0 aliphatic carbocycles. The predicted octanol–water partition coefficient (Wildman–Crippen LogP) is 3.11. The van der Waals surface area contributed by atoms with Gasteiger partial charge in [-0.3, -0.25) is 0 Å². The molecule has 0 bridgehead atoms. The van der Waals surface area contributed by atoms with E-state index in [9.17, 15) is 4.39 Å². The fourth-order valence-corrected chi connectivity index (χ4v) is 2.54. The summed E-state index contributed by atoms with van der Waals surface area (Å²) in [5.41, 5.74) is 8.73. The number of nitrogens with two attached hydrogens (primary N) is 1. The summed E-state index contributed by atoms with van der Waals surface area (Å²) < 4.78 is 13.2. The van der Waals surface area contributed by atoms with Gasteiger partial charge in [-0.05, 0) is 43.7 Å². The van der Waals surface area contributed by atoms with E-state index in [1.54, 1.807) is 6.07 Å². The third kappa shape index (κ3) is 3.43.